The van der Waals surface area contributed by atoms with Gasteiger partial charge in [-0.05, 0) is 31.0 Å². The number of aromatic hydroxyl groups is 1. The van der Waals surface area contributed by atoms with Gasteiger partial charge in [0.2, 0.25) is 0 Å². The second-order valence-electron chi connectivity index (χ2n) is 3.32. The van der Waals surface area contributed by atoms with Crippen LogP contribution in [0.3, 0.4) is 0 Å². The lowest BCUT2D eigenvalue weighted by atomic mass is 10.1. The third-order valence-electron chi connectivity index (χ3n) is 2.10. The summed E-state index contributed by atoms with van der Waals surface area (Å²) in [6.45, 7) is 4.12. The van der Waals surface area contributed by atoms with Crippen LogP contribution in [-0.2, 0) is 11.2 Å². The van der Waals surface area contributed by atoms with E-state index in [1.165, 1.54) is 0 Å². The fourth-order valence-electron chi connectivity index (χ4n) is 1.40. The Morgan fingerprint density at radius 1 is 1.40 bits per heavy atom. The summed E-state index contributed by atoms with van der Waals surface area (Å²) < 4.78 is 4.81. The molecule has 0 aliphatic carbocycles. The van der Waals surface area contributed by atoms with Gasteiger partial charge in [0.1, 0.15) is 11.3 Å². The Balaban J connectivity index is 2.87. The number of benzene rings is 1. The van der Waals surface area contributed by atoms with E-state index < -0.39 is 5.97 Å². The Kier molecular flexibility index (Phi) is 4.16. The van der Waals surface area contributed by atoms with Crippen LogP contribution < -0.4 is 0 Å². The fraction of sp³-hybridized carbons (Fsp3) is 0.417. The largest absolute Gasteiger partial charge is 0.507 e. The van der Waals surface area contributed by atoms with Gasteiger partial charge >= 0.3 is 5.97 Å². The van der Waals surface area contributed by atoms with E-state index in [1.807, 2.05) is 6.07 Å². The Bertz CT molecular complexity index is 345. The van der Waals surface area contributed by atoms with Gasteiger partial charge in [0, 0.05) is 0 Å². The molecule has 15 heavy (non-hydrogen) atoms. The molecular formula is C12H16O3. The summed E-state index contributed by atoms with van der Waals surface area (Å²) in [6.07, 6.45) is 1.91. The molecule has 1 rings (SSSR count). The van der Waals surface area contributed by atoms with Gasteiger partial charge in [-0.15, -0.1) is 0 Å². The number of phenols is 1. The van der Waals surface area contributed by atoms with Gasteiger partial charge in [-0.2, -0.15) is 0 Å². The van der Waals surface area contributed by atoms with Crippen molar-refractivity contribution in [2.45, 2.75) is 26.7 Å². The van der Waals surface area contributed by atoms with Crippen LogP contribution in [0, 0.1) is 0 Å². The van der Waals surface area contributed by atoms with E-state index in [1.54, 1.807) is 19.1 Å². The van der Waals surface area contributed by atoms with Crippen molar-refractivity contribution in [3.63, 3.8) is 0 Å². The van der Waals surface area contributed by atoms with Gasteiger partial charge in [-0.1, -0.05) is 19.4 Å². The SMILES string of the molecule is CCCc1ccc(C(=O)OCC)c(O)c1. The normalized spacial score (nSPS) is 10.0. The molecule has 82 valence electrons. The van der Waals surface area contributed by atoms with Crippen LogP contribution in [0.2, 0.25) is 0 Å². The molecule has 0 saturated heterocycles. The van der Waals surface area contributed by atoms with Crippen LogP contribution in [0.4, 0.5) is 0 Å². The highest BCUT2D eigenvalue weighted by molar-refractivity contribution is 5.92. The zero-order valence-corrected chi connectivity index (χ0v) is 9.12. The average molecular weight is 208 g/mol. The van der Waals surface area contributed by atoms with Crippen molar-refractivity contribution < 1.29 is 14.6 Å². The van der Waals surface area contributed by atoms with Gasteiger partial charge in [-0.3, -0.25) is 0 Å². The molecule has 0 aliphatic rings. The van der Waals surface area contributed by atoms with Crippen LogP contribution in [0.15, 0.2) is 18.2 Å². The van der Waals surface area contributed by atoms with Crippen molar-refractivity contribution in [3.05, 3.63) is 29.3 Å². The predicted octanol–water partition coefficient (Wildman–Crippen LogP) is 2.52. The lowest BCUT2D eigenvalue weighted by Gasteiger charge is -2.06. The van der Waals surface area contributed by atoms with E-state index in [-0.39, 0.29) is 11.3 Å². The number of esters is 1. The molecule has 0 amide bonds. The first kappa shape index (κ1) is 11.6. The van der Waals surface area contributed by atoms with Gasteiger partial charge in [-0.25, -0.2) is 4.79 Å². The minimum absolute atomic E-state index is 0.000556. The highest BCUT2D eigenvalue weighted by Crippen LogP contribution is 2.20. The monoisotopic (exact) mass is 208 g/mol. The second-order valence-corrected chi connectivity index (χ2v) is 3.32. The molecular weight excluding hydrogens is 192 g/mol. The molecule has 3 nitrogen and oxygen atoms in total. The van der Waals surface area contributed by atoms with Crippen LogP contribution in [0.25, 0.3) is 0 Å². The number of rotatable bonds is 4. The number of phenolic OH excluding ortho intramolecular Hbond substituents is 1. The molecule has 0 spiro atoms. The van der Waals surface area contributed by atoms with Crippen LogP contribution >= 0.6 is 0 Å². The molecule has 0 fully saturated rings. The number of ether oxygens (including phenoxy) is 1. The quantitative estimate of drug-likeness (QED) is 0.773. The summed E-state index contributed by atoms with van der Waals surface area (Å²) in [7, 11) is 0. The van der Waals surface area contributed by atoms with Crippen molar-refractivity contribution in [1.82, 2.24) is 0 Å². The lowest BCUT2D eigenvalue weighted by Crippen LogP contribution is -2.05. The van der Waals surface area contributed by atoms with E-state index in [4.69, 9.17) is 4.74 Å². The molecule has 0 atom stereocenters. The predicted molar refractivity (Wildman–Crippen MR) is 58.1 cm³/mol. The van der Waals surface area contributed by atoms with Gasteiger partial charge in [0.25, 0.3) is 0 Å². The van der Waals surface area contributed by atoms with Crippen LogP contribution in [-0.4, -0.2) is 17.7 Å². The zero-order chi connectivity index (χ0) is 11.3. The standard InChI is InChI=1S/C12H16O3/c1-3-5-9-6-7-10(11(13)8-9)12(14)15-4-2/h6-8,13H,3-5H2,1-2H3. The summed E-state index contributed by atoms with van der Waals surface area (Å²) >= 11 is 0. The fourth-order valence-corrected chi connectivity index (χ4v) is 1.40. The highest BCUT2D eigenvalue weighted by Gasteiger charge is 2.11. The van der Waals surface area contributed by atoms with Gasteiger partial charge in [0.05, 0.1) is 6.61 Å². The Morgan fingerprint density at radius 3 is 2.67 bits per heavy atom. The molecule has 0 bridgehead atoms. The van der Waals surface area contributed by atoms with E-state index in [0.717, 1.165) is 18.4 Å². The van der Waals surface area contributed by atoms with Gasteiger partial charge < -0.3 is 9.84 Å². The molecule has 1 aromatic carbocycles. The summed E-state index contributed by atoms with van der Waals surface area (Å²) in [5, 5.41) is 9.61. The average Bonchev–Trinajstić information content (AvgIpc) is 2.18. The van der Waals surface area contributed by atoms with Crippen LogP contribution in [0.1, 0.15) is 36.2 Å². The van der Waals surface area contributed by atoms with Crippen molar-refractivity contribution in [2.75, 3.05) is 6.61 Å². The van der Waals surface area contributed by atoms with Crippen LogP contribution in [0.5, 0.6) is 5.75 Å². The smallest absolute Gasteiger partial charge is 0.341 e. The number of hydrogen-bond donors (Lipinski definition) is 1. The van der Waals surface area contributed by atoms with E-state index in [2.05, 4.69) is 6.92 Å². The summed E-state index contributed by atoms with van der Waals surface area (Å²) in [6, 6.07) is 5.07. The first-order valence-electron chi connectivity index (χ1n) is 5.18. The Morgan fingerprint density at radius 2 is 2.13 bits per heavy atom. The maximum atomic E-state index is 11.4. The topological polar surface area (TPSA) is 46.5 Å². The molecule has 0 unspecified atom stereocenters. The van der Waals surface area contributed by atoms with Crippen molar-refractivity contribution in [1.29, 1.82) is 0 Å². The van der Waals surface area contributed by atoms with E-state index >= 15 is 0 Å². The summed E-state index contributed by atoms with van der Waals surface area (Å²) in [5.74, 6) is -0.475. The molecule has 0 radical (unpaired) electrons. The highest BCUT2D eigenvalue weighted by atomic mass is 16.5. The van der Waals surface area contributed by atoms with Crippen molar-refractivity contribution in [2.24, 2.45) is 0 Å². The second kappa shape index (κ2) is 5.39. The molecule has 0 saturated carbocycles. The van der Waals surface area contributed by atoms with Crippen molar-refractivity contribution >= 4 is 5.97 Å². The van der Waals surface area contributed by atoms with E-state index in [9.17, 15) is 9.90 Å². The maximum Gasteiger partial charge on any atom is 0.341 e. The number of aryl methyl sites for hydroxylation is 1. The molecule has 0 aromatic heterocycles. The first-order chi connectivity index (χ1) is 7.19. The number of carbonyl (C=O) groups excluding carboxylic acids is 1. The Labute approximate surface area is 89.7 Å². The molecule has 0 heterocycles. The minimum atomic E-state index is -0.474. The zero-order valence-electron chi connectivity index (χ0n) is 9.12. The minimum Gasteiger partial charge on any atom is -0.507 e. The number of carbonyl (C=O) groups is 1. The summed E-state index contributed by atoms with van der Waals surface area (Å²) in [4.78, 5) is 11.4. The summed E-state index contributed by atoms with van der Waals surface area (Å²) in [5.41, 5.74) is 1.26. The molecule has 0 aliphatic heterocycles. The maximum absolute atomic E-state index is 11.4. The number of hydrogen-bond acceptors (Lipinski definition) is 3. The third-order valence-corrected chi connectivity index (χ3v) is 2.10. The van der Waals surface area contributed by atoms with Gasteiger partial charge in [0.15, 0.2) is 0 Å². The first-order valence-corrected chi connectivity index (χ1v) is 5.18. The molecule has 1 N–H and O–H groups in total. The van der Waals surface area contributed by atoms with E-state index in [0.29, 0.717) is 6.61 Å². The van der Waals surface area contributed by atoms with Crippen molar-refractivity contribution in [3.8, 4) is 5.75 Å². The molecule has 1 aromatic rings. The third kappa shape index (κ3) is 2.98. The Hall–Kier alpha value is -1.51. The molecule has 3 heteroatoms. The lowest BCUT2D eigenvalue weighted by molar-refractivity contribution is 0.0523.